The van der Waals surface area contributed by atoms with E-state index in [1.165, 1.54) is 25.7 Å². The summed E-state index contributed by atoms with van der Waals surface area (Å²) in [6.45, 7) is 11.9. The lowest BCUT2D eigenvalue weighted by Crippen LogP contribution is -2.62. The number of likely N-dealkylation sites (tertiary alicyclic amines) is 1. The number of ether oxygens (including phenoxy) is 1. The number of carbonyl (C=O) groups excluding carboxylic acids is 1. The molecule has 5 aliphatic rings. The summed E-state index contributed by atoms with van der Waals surface area (Å²) in [5.74, 6) is 3.54. The highest BCUT2D eigenvalue weighted by Gasteiger charge is 2.64. The first kappa shape index (κ1) is 25.8. The minimum absolute atomic E-state index is 0.123. The summed E-state index contributed by atoms with van der Waals surface area (Å²) < 4.78 is 5.66. The predicted octanol–water partition coefficient (Wildman–Crippen LogP) is 5.87. The lowest BCUT2D eigenvalue weighted by molar-refractivity contribution is -0.203. The minimum atomic E-state index is -0.228. The molecule has 2 N–H and O–H groups in total. The Kier molecular flexibility index (Phi) is 7.24. The Morgan fingerprint density at radius 3 is 2.40 bits per heavy atom. The molecule has 11 atom stereocenters. The number of hydrogen-bond acceptors (Lipinski definition) is 4. The maximum absolute atomic E-state index is 12.3. The number of aliphatic hydroxyl groups excluding tert-OH is 2. The van der Waals surface area contributed by atoms with Gasteiger partial charge in [0.25, 0.3) is 0 Å². The Morgan fingerprint density at radius 2 is 1.69 bits per heavy atom. The summed E-state index contributed by atoms with van der Waals surface area (Å²) in [4.78, 5) is 14.2. The van der Waals surface area contributed by atoms with Crippen LogP contribution in [0.3, 0.4) is 0 Å². The van der Waals surface area contributed by atoms with Crippen molar-refractivity contribution in [2.75, 3.05) is 19.7 Å². The van der Waals surface area contributed by atoms with Crippen LogP contribution in [0.15, 0.2) is 0 Å². The molecule has 1 heterocycles. The Bertz CT molecular complexity index is 767. The van der Waals surface area contributed by atoms with Crippen LogP contribution in [0.4, 0.5) is 4.79 Å². The van der Waals surface area contributed by atoms with Crippen LogP contribution in [-0.4, -0.2) is 53.1 Å². The third-order valence-electron chi connectivity index (χ3n) is 12.3. The van der Waals surface area contributed by atoms with Gasteiger partial charge in [-0.1, -0.05) is 34.1 Å². The molecule has 5 heteroatoms. The summed E-state index contributed by atoms with van der Waals surface area (Å²) in [5, 5.41) is 22.3. The largest absolute Gasteiger partial charge is 0.449 e. The van der Waals surface area contributed by atoms with Crippen molar-refractivity contribution in [1.82, 2.24) is 4.90 Å². The van der Waals surface area contributed by atoms with Crippen molar-refractivity contribution >= 4 is 6.09 Å². The van der Waals surface area contributed by atoms with E-state index in [2.05, 4.69) is 27.7 Å². The number of rotatable bonds is 5. The number of hydrogen-bond donors (Lipinski definition) is 2. The lowest BCUT2D eigenvalue weighted by atomic mass is 9.41. The number of nitrogens with zero attached hydrogens (tertiary/aromatic N) is 1. The Morgan fingerprint density at radius 1 is 1.00 bits per heavy atom. The molecular formula is C30H51NO4. The fraction of sp³-hybridized carbons (Fsp3) is 0.967. The van der Waals surface area contributed by atoms with E-state index in [9.17, 15) is 15.0 Å². The van der Waals surface area contributed by atoms with Crippen molar-refractivity contribution in [3.8, 4) is 0 Å². The smallest absolute Gasteiger partial charge is 0.409 e. The van der Waals surface area contributed by atoms with Gasteiger partial charge in [0.15, 0.2) is 0 Å². The van der Waals surface area contributed by atoms with Gasteiger partial charge >= 0.3 is 6.09 Å². The highest BCUT2D eigenvalue weighted by atomic mass is 16.6. The van der Waals surface area contributed by atoms with Crippen LogP contribution in [0.1, 0.15) is 98.3 Å². The van der Waals surface area contributed by atoms with E-state index >= 15 is 0 Å². The van der Waals surface area contributed by atoms with E-state index in [1.54, 1.807) is 0 Å². The average molecular weight is 490 g/mol. The standard InChI is InChI=1S/C30H51NO4/c1-5-21-25-18-20(32)10-13-30(25,4)24-11-14-29(3)22(8-9-23(29)26(24)27(21)33)19(2)12-17-35-28(34)31-15-6-7-16-31/h19-27,32-33H,5-18H2,1-4H3/t19-,20-,21-,22-,23+,24+,25?,26?,27-,29?,30-/m1/s1. The molecule has 0 spiro atoms. The van der Waals surface area contributed by atoms with Crippen LogP contribution < -0.4 is 0 Å². The molecule has 4 aliphatic carbocycles. The molecule has 1 amide bonds. The fourth-order valence-corrected chi connectivity index (χ4v) is 10.5. The van der Waals surface area contributed by atoms with Crippen molar-refractivity contribution in [1.29, 1.82) is 0 Å². The monoisotopic (exact) mass is 489 g/mol. The third kappa shape index (κ3) is 4.25. The van der Waals surface area contributed by atoms with Crippen LogP contribution in [0.25, 0.3) is 0 Å². The molecule has 4 saturated carbocycles. The van der Waals surface area contributed by atoms with Gasteiger partial charge in [-0.05, 0) is 116 Å². The Balaban J connectivity index is 1.28. The summed E-state index contributed by atoms with van der Waals surface area (Å²) in [6, 6.07) is 0. The Labute approximate surface area is 213 Å². The van der Waals surface area contributed by atoms with E-state index in [1.807, 2.05) is 4.90 Å². The third-order valence-corrected chi connectivity index (χ3v) is 12.3. The molecule has 5 fully saturated rings. The molecule has 1 saturated heterocycles. The number of amides is 1. The summed E-state index contributed by atoms with van der Waals surface area (Å²) >= 11 is 0. The van der Waals surface area contributed by atoms with Gasteiger partial charge < -0.3 is 19.8 Å². The zero-order valence-electron chi connectivity index (χ0n) is 22.8. The zero-order chi connectivity index (χ0) is 25.0. The second-order valence-corrected chi connectivity index (χ2v) is 13.7. The molecular weight excluding hydrogens is 438 g/mol. The first-order valence-electron chi connectivity index (χ1n) is 15.0. The van der Waals surface area contributed by atoms with Gasteiger partial charge in [0.05, 0.1) is 18.8 Å². The van der Waals surface area contributed by atoms with Gasteiger partial charge in [-0.15, -0.1) is 0 Å². The molecule has 0 aromatic carbocycles. The molecule has 0 radical (unpaired) electrons. The summed E-state index contributed by atoms with van der Waals surface area (Å²) in [7, 11) is 0. The van der Waals surface area contributed by atoms with Crippen LogP contribution in [-0.2, 0) is 4.74 Å². The summed E-state index contributed by atoms with van der Waals surface area (Å²) in [6.07, 6.45) is 11.5. The van der Waals surface area contributed by atoms with E-state index in [-0.39, 0.29) is 29.1 Å². The van der Waals surface area contributed by atoms with Crippen LogP contribution in [0.5, 0.6) is 0 Å². The molecule has 5 rings (SSSR count). The maximum Gasteiger partial charge on any atom is 0.409 e. The first-order chi connectivity index (χ1) is 16.7. The van der Waals surface area contributed by atoms with Crippen LogP contribution in [0.2, 0.25) is 0 Å². The fourth-order valence-electron chi connectivity index (χ4n) is 10.5. The van der Waals surface area contributed by atoms with Gasteiger partial charge in [0.1, 0.15) is 0 Å². The molecule has 35 heavy (non-hydrogen) atoms. The van der Waals surface area contributed by atoms with E-state index in [0.29, 0.717) is 48.0 Å². The summed E-state index contributed by atoms with van der Waals surface area (Å²) in [5.41, 5.74) is 0.537. The zero-order valence-corrected chi connectivity index (χ0v) is 22.8. The quantitative estimate of drug-likeness (QED) is 0.507. The number of aliphatic hydroxyl groups is 2. The van der Waals surface area contributed by atoms with Crippen molar-refractivity contribution in [2.24, 2.45) is 52.3 Å². The van der Waals surface area contributed by atoms with Gasteiger partial charge in [-0.2, -0.15) is 0 Å². The van der Waals surface area contributed by atoms with E-state index in [0.717, 1.165) is 58.0 Å². The van der Waals surface area contributed by atoms with E-state index in [4.69, 9.17) is 4.74 Å². The molecule has 0 aromatic heterocycles. The van der Waals surface area contributed by atoms with Gasteiger partial charge in [0, 0.05) is 13.1 Å². The van der Waals surface area contributed by atoms with Crippen molar-refractivity contribution in [3.05, 3.63) is 0 Å². The van der Waals surface area contributed by atoms with Gasteiger partial charge in [-0.25, -0.2) is 4.79 Å². The predicted molar refractivity (Wildman–Crippen MR) is 138 cm³/mol. The van der Waals surface area contributed by atoms with Crippen molar-refractivity contribution in [3.63, 3.8) is 0 Å². The minimum Gasteiger partial charge on any atom is -0.449 e. The molecule has 0 aromatic rings. The SMILES string of the molecule is CC[C@@H]1C2C[C@H](O)CC[C@]2(C)[C@H]2CCC3(C)[C@@H]([C@H](C)CCOC(=O)N4CCCC4)CC[C@H]3C2[C@@H]1O. The molecule has 0 bridgehead atoms. The second kappa shape index (κ2) is 9.82. The molecule has 3 unspecified atom stereocenters. The Hall–Kier alpha value is -0.810. The molecule has 5 nitrogen and oxygen atoms in total. The lowest BCUT2D eigenvalue weighted by Gasteiger charge is -2.64. The van der Waals surface area contributed by atoms with Gasteiger partial charge in [0.2, 0.25) is 0 Å². The highest BCUT2D eigenvalue weighted by Crippen LogP contribution is 2.69. The normalized spacial score (nSPS) is 48.1. The average Bonchev–Trinajstić information content (AvgIpc) is 3.48. The maximum atomic E-state index is 12.3. The highest BCUT2D eigenvalue weighted by molar-refractivity contribution is 5.67. The first-order valence-corrected chi connectivity index (χ1v) is 15.0. The number of carbonyl (C=O) groups is 1. The van der Waals surface area contributed by atoms with Gasteiger partial charge in [-0.3, -0.25) is 0 Å². The van der Waals surface area contributed by atoms with Crippen LogP contribution >= 0.6 is 0 Å². The van der Waals surface area contributed by atoms with Crippen molar-refractivity contribution in [2.45, 2.75) is 111 Å². The molecule has 200 valence electrons. The number of fused-ring (bicyclic) bond motifs is 5. The van der Waals surface area contributed by atoms with Crippen LogP contribution in [0, 0.1) is 52.3 Å². The van der Waals surface area contributed by atoms with Crippen molar-refractivity contribution < 1.29 is 19.7 Å². The molecule has 1 aliphatic heterocycles. The topological polar surface area (TPSA) is 70.0 Å². The van der Waals surface area contributed by atoms with E-state index < -0.39 is 0 Å². The second-order valence-electron chi connectivity index (χ2n) is 13.7.